The number of rotatable bonds is 3. The number of nitrogens with two attached hydrogens (primary N) is 1. The maximum absolute atomic E-state index is 6.29. The van der Waals surface area contributed by atoms with Crippen molar-refractivity contribution in [2.24, 2.45) is 11.7 Å². The Kier molecular flexibility index (Phi) is 4.25. The van der Waals surface area contributed by atoms with Crippen molar-refractivity contribution >= 4 is 12.4 Å². The molecular formula is C12H20ClN3O2. The number of nitrogens with zero attached hydrogens (tertiary/aromatic N) is 2. The predicted molar refractivity (Wildman–Crippen MR) is 68.5 cm³/mol. The lowest BCUT2D eigenvalue weighted by Gasteiger charge is -2.17. The van der Waals surface area contributed by atoms with E-state index in [1.54, 1.807) is 0 Å². The van der Waals surface area contributed by atoms with E-state index in [2.05, 4.69) is 10.1 Å². The third-order valence-electron chi connectivity index (χ3n) is 3.90. The predicted octanol–water partition coefficient (Wildman–Crippen LogP) is 1.80. The van der Waals surface area contributed by atoms with E-state index in [1.807, 2.05) is 0 Å². The summed E-state index contributed by atoms with van der Waals surface area (Å²) >= 11 is 0. The molecule has 0 amide bonds. The van der Waals surface area contributed by atoms with Crippen LogP contribution < -0.4 is 5.73 Å². The van der Waals surface area contributed by atoms with Gasteiger partial charge in [-0.3, -0.25) is 0 Å². The van der Waals surface area contributed by atoms with Gasteiger partial charge in [0.15, 0.2) is 5.82 Å². The maximum Gasteiger partial charge on any atom is 0.227 e. The molecule has 1 saturated heterocycles. The fourth-order valence-electron chi connectivity index (χ4n) is 2.76. The first kappa shape index (κ1) is 13.8. The van der Waals surface area contributed by atoms with Crippen LogP contribution in [0, 0.1) is 5.92 Å². The van der Waals surface area contributed by atoms with Crippen LogP contribution in [-0.4, -0.2) is 23.4 Å². The number of aromatic nitrogens is 2. The van der Waals surface area contributed by atoms with E-state index in [9.17, 15) is 0 Å². The summed E-state index contributed by atoms with van der Waals surface area (Å²) < 4.78 is 10.6. The fraction of sp³-hybridized carbons (Fsp3) is 0.833. The lowest BCUT2D eigenvalue weighted by atomic mass is 9.98. The first-order chi connectivity index (χ1) is 8.26. The van der Waals surface area contributed by atoms with Crippen molar-refractivity contribution in [2.75, 3.05) is 13.2 Å². The summed E-state index contributed by atoms with van der Waals surface area (Å²) in [4.78, 5) is 4.47. The average molecular weight is 274 g/mol. The van der Waals surface area contributed by atoms with Gasteiger partial charge in [0.1, 0.15) is 0 Å². The van der Waals surface area contributed by atoms with E-state index in [0.717, 1.165) is 51.7 Å². The summed E-state index contributed by atoms with van der Waals surface area (Å²) in [6.45, 7) is 1.66. The molecule has 102 valence electrons. The van der Waals surface area contributed by atoms with Gasteiger partial charge >= 0.3 is 0 Å². The molecule has 2 N–H and O–H groups in total. The highest BCUT2D eigenvalue weighted by Crippen LogP contribution is 2.34. The zero-order valence-corrected chi connectivity index (χ0v) is 11.2. The van der Waals surface area contributed by atoms with Crippen LogP contribution in [0.5, 0.6) is 0 Å². The van der Waals surface area contributed by atoms with Gasteiger partial charge in [-0.15, -0.1) is 12.4 Å². The van der Waals surface area contributed by atoms with Crippen molar-refractivity contribution in [3.8, 4) is 0 Å². The second-order valence-electron chi connectivity index (χ2n) is 5.31. The standard InChI is InChI=1S/C12H19N3O2.ClH/c13-12(4-1-2-5-12)11-14-10(17-15-11)7-9-3-6-16-8-9;/h9H,1-8,13H2;1H. The minimum absolute atomic E-state index is 0. The number of ether oxygens (including phenoxy) is 1. The van der Waals surface area contributed by atoms with Crippen molar-refractivity contribution in [3.05, 3.63) is 11.7 Å². The second-order valence-corrected chi connectivity index (χ2v) is 5.31. The summed E-state index contributed by atoms with van der Waals surface area (Å²) in [5.41, 5.74) is 5.95. The molecule has 1 saturated carbocycles. The Hall–Kier alpha value is -0.650. The first-order valence-corrected chi connectivity index (χ1v) is 6.46. The molecule has 1 aliphatic carbocycles. The average Bonchev–Trinajstić information content (AvgIpc) is 3.00. The Morgan fingerprint density at radius 1 is 1.33 bits per heavy atom. The second kappa shape index (κ2) is 5.55. The highest BCUT2D eigenvalue weighted by atomic mass is 35.5. The van der Waals surface area contributed by atoms with Crippen LogP contribution >= 0.6 is 12.4 Å². The van der Waals surface area contributed by atoms with Crippen LogP contribution in [0.2, 0.25) is 0 Å². The number of halogens is 1. The van der Waals surface area contributed by atoms with Crippen molar-refractivity contribution in [3.63, 3.8) is 0 Å². The highest BCUT2D eigenvalue weighted by molar-refractivity contribution is 5.85. The summed E-state index contributed by atoms with van der Waals surface area (Å²) in [7, 11) is 0. The van der Waals surface area contributed by atoms with Crippen molar-refractivity contribution < 1.29 is 9.26 Å². The molecule has 0 spiro atoms. The van der Waals surface area contributed by atoms with Gasteiger partial charge in [-0.2, -0.15) is 4.98 Å². The smallest absolute Gasteiger partial charge is 0.227 e. The molecule has 3 rings (SSSR count). The molecule has 0 radical (unpaired) electrons. The maximum atomic E-state index is 6.29. The summed E-state index contributed by atoms with van der Waals surface area (Å²) in [5.74, 6) is 1.94. The molecule has 0 bridgehead atoms. The van der Waals surface area contributed by atoms with Gasteiger partial charge in [-0.05, 0) is 25.2 Å². The monoisotopic (exact) mass is 273 g/mol. The molecule has 6 heteroatoms. The normalized spacial score (nSPS) is 26.2. The zero-order valence-electron chi connectivity index (χ0n) is 10.4. The van der Waals surface area contributed by atoms with Gasteiger partial charge in [0.25, 0.3) is 0 Å². The molecule has 1 unspecified atom stereocenters. The van der Waals surface area contributed by atoms with Gasteiger partial charge in [-0.1, -0.05) is 18.0 Å². The zero-order chi connectivity index (χ0) is 11.7. The minimum atomic E-state index is -0.339. The van der Waals surface area contributed by atoms with Crippen molar-refractivity contribution in [2.45, 2.75) is 44.1 Å². The molecule has 1 aromatic heterocycles. The third-order valence-corrected chi connectivity index (χ3v) is 3.90. The lowest BCUT2D eigenvalue weighted by Crippen LogP contribution is -2.34. The Bertz CT molecular complexity index is 384. The third kappa shape index (κ3) is 2.68. The molecule has 18 heavy (non-hydrogen) atoms. The van der Waals surface area contributed by atoms with Gasteiger partial charge in [0.05, 0.1) is 5.54 Å². The van der Waals surface area contributed by atoms with E-state index >= 15 is 0 Å². The molecule has 0 aromatic carbocycles. The number of hydrogen-bond acceptors (Lipinski definition) is 5. The minimum Gasteiger partial charge on any atom is -0.381 e. The van der Waals surface area contributed by atoms with Crippen molar-refractivity contribution in [1.82, 2.24) is 10.1 Å². The van der Waals surface area contributed by atoms with Crippen LogP contribution in [0.25, 0.3) is 0 Å². The van der Waals surface area contributed by atoms with E-state index in [0.29, 0.717) is 17.6 Å². The Balaban J connectivity index is 0.00000120. The van der Waals surface area contributed by atoms with Crippen LogP contribution in [0.4, 0.5) is 0 Å². The van der Waals surface area contributed by atoms with Crippen LogP contribution in [0.15, 0.2) is 4.52 Å². The van der Waals surface area contributed by atoms with Crippen LogP contribution in [0.1, 0.15) is 43.8 Å². The molecule has 2 heterocycles. The van der Waals surface area contributed by atoms with Gasteiger partial charge in [0.2, 0.25) is 5.89 Å². The summed E-state index contributed by atoms with van der Waals surface area (Å²) in [6.07, 6.45) is 6.18. The van der Waals surface area contributed by atoms with E-state index in [1.165, 1.54) is 0 Å². The van der Waals surface area contributed by atoms with Gasteiger partial charge in [0, 0.05) is 19.6 Å². The Morgan fingerprint density at radius 2 is 2.11 bits per heavy atom. The summed E-state index contributed by atoms with van der Waals surface area (Å²) in [5, 5.41) is 4.06. The summed E-state index contributed by atoms with van der Waals surface area (Å²) in [6, 6.07) is 0. The molecule has 1 aromatic rings. The first-order valence-electron chi connectivity index (χ1n) is 6.46. The lowest BCUT2D eigenvalue weighted by molar-refractivity contribution is 0.183. The van der Waals surface area contributed by atoms with Crippen LogP contribution in [-0.2, 0) is 16.7 Å². The Labute approximate surface area is 113 Å². The van der Waals surface area contributed by atoms with E-state index < -0.39 is 0 Å². The largest absolute Gasteiger partial charge is 0.381 e. The topological polar surface area (TPSA) is 74.2 Å². The quantitative estimate of drug-likeness (QED) is 0.909. The Morgan fingerprint density at radius 3 is 2.78 bits per heavy atom. The molecule has 2 fully saturated rings. The molecular weight excluding hydrogens is 254 g/mol. The van der Waals surface area contributed by atoms with Crippen LogP contribution in [0.3, 0.4) is 0 Å². The highest BCUT2D eigenvalue weighted by Gasteiger charge is 2.36. The molecule has 1 aliphatic heterocycles. The molecule has 2 aliphatic rings. The fourth-order valence-corrected chi connectivity index (χ4v) is 2.76. The van der Waals surface area contributed by atoms with Crippen molar-refractivity contribution in [1.29, 1.82) is 0 Å². The molecule has 5 nitrogen and oxygen atoms in total. The van der Waals surface area contributed by atoms with Gasteiger partial charge in [-0.25, -0.2) is 0 Å². The SMILES string of the molecule is Cl.NC1(c2noc(CC3CCOC3)n2)CCCC1. The number of hydrogen-bond donors (Lipinski definition) is 1. The van der Waals surface area contributed by atoms with E-state index in [-0.39, 0.29) is 17.9 Å². The molecule has 1 atom stereocenters. The van der Waals surface area contributed by atoms with E-state index in [4.69, 9.17) is 15.0 Å². The van der Waals surface area contributed by atoms with Gasteiger partial charge < -0.3 is 15.0 Å².